The van der Waals surface area contributed by atoms with Gasteiger partial charge in [-0.05, 0) is 30.4 Å². The van der Waals surface area contributed by atoms with Gasteiger partial charge >= 0.3 is 0 Å². The second kappa shape index (κ2) is 7.52. The highest BCUT2D eigenvalue weighted by Gasteiger charge is 2.30. The first-order valence-electron chi connectivity index (χ1n) is 7.54. The number of thiophene rings is 1. The average molecular weight is 297 g/mol. The largest absolute Gasteiger partial charge is 0.395 e. The number of hydrogen-bond donors (Lipinski definition) is 2. The van der Waals surface area contributed by atoms with E-state index in [1.165, 1.54) is 10.4 Å². The van der Waals surface area contributed by atoms with Gasteiger partial charge in [0.1, 0.15) is 0 Å². The summed E-state index contributed by atoms with van der Waals surface area (Å²) in [7, 11) is 0. The first kappa shape index (κ1) is 15.9. The lowest BCUT2D eigenvalue weighted by Crippen LogP contribution is -2.51. The summed E-state index contributed by atoms with van der Waals surface area (Å²) < 4.78 is 0. The molecule has 0 saturated carbocycles. The van der Waals surface area contributed by atoms with E-state index in [2.05, 4.69) is 35.1 Å². The molecule has 1 aromatic heterocycles. The highest BCUT2D eigenvalue weighted by Crippen LogP contribution is 2.32. The van der Waals surface area contributed by atoms with E-state index < -0.39 is 0 Å². The minimum atomic E-state index is 0.191. The van der Waals surface area contributed by atoms with Crippen LogP contribution in [-0.2, 0) is 0 Å². The van der Waals surface area contributed by atoms with Gasteiger partial charge in [0.05, 0.1) is 12.6 Å². The van der Waals surface area contributed by atoms with Gasteiger partial charge in [-0.2, -0.15) is 0 Å². The molecule has 0 spiro atoms. The van der Waals surface area contributed by atoms with Crippen LogP contribution in [0.5, 0.6) is 0 Å². The average Bonchev–Trinajstić information content (AvgIpc) is 2.87. The maximum absolute atomic E-state index is 9.03. The topological polar surface area (TPSA) is 52.7 Å². The monoisotopic (exact) mass is 297 g/mol. The summed E-state index contributed by atoms with van der Waals surface area (Å²) in [6, 6.07) is 2.73. The molecular weight excluding hydrogens is 270 g/mol. The normalized spacial score (nSPS) is 21.0. The van der Waals surface area contributed by atoms with Crippen molar-refractivity contribution >= 4 is 11.3 Å². The molecule has 5 heteroatoms. The van der Waals surface area contributed by atoms with Gasteiger partial charge < -0.3 is 10.8 Å². The number of rotatable bonds is 6. The predicted octanol–water partition coefficient (Wildman–Crippen LogP) is 1.44. The molecule has 1 aliphatic rings. The maximum Gasteiger partial charge on any atom is 0.0596 e. The van der Waals surface area contributed by atoms with Crippen LogP contribution < -0.4 is 5.73 Å². The first-order chi connectivity index (χ1) is 9.67. The molecule has 0 amide bonds. The quantitative estimate of drug-likeness (QED) is 0.834. The summed E-state index contributed by atoms with van der Waals surface area (Å²) in [5, 5.41) is 11.2. The Morgan fingerprint density at radius 3 is 2.55 bits per heavy atom. The number of aryl methyl sites for hydroxylation is 1. The van der Waals surface area contributed by atoms with Crippen molar-refractivity contribution in [2.24, 2.45) is 5.73 Å². The number of β-amino-alcohol motifs (C(OH)–C–C–N with tert-alkyl or cyclic N) is 1. The molecule has 0 aromatic carbocycles. The van der Waals surface area contributed by atoms with Crippen molar-refractivity contribution < 1.29 is 5.11 Å². The van der Waals surface area contributed by atoms with Crippen molar-refractivity contribution in [2.75, 3.05) is 39.3 Å². The third-order valence-electron chi connectivity index (χ3n) is 4.26. The van der Waals surface area contributed by atoms with E-state index >= 15 is 0 Å². The molecule has 0 aliphatic carbocycles. The molecule has 114 valence electrons. The van der Waals surface area contributed by atoms with Gasteiger partial charge in [-0.25, -0.2) is 0 Å². The fourth-order valence-electron chi connectivity index (χ4n) is 2.95. The Morgan fingerprint density at radius 2 is 2.05 bits per heavy atom. The van der Waals surface area contributed by atoms with E-state index in [1.807, 2.05) is 11.3 Å². The molecule has 1 aliphatic heterocycles. The van der Waals surface area contributed by atoms with Crippen molar-refractivity contribution in [2.45, 2.75) is 32.4 Å². The molecule has 2 unspecified atom stereocenters. The second-order valence-corrected chi connectivity index (χ2v) is 6.53. The van der Waals surface area contributed by atoms with Gasteiger partial charge in [0.15, 0.2) is 0 Å². The van der Waals surface area contributed by atoms with E-state index in [0.29, 0.717) is 6.04 Å². The molecular formula is C15H27N3OS. The number of nitrogens with two attached hydrogens (primary N) is 1. The van der Waals surface area contributed by atoms with Crippen LogP contribution in [0.2, 0.25) is 0 Å². The SMILES string of the molecule is CCC(N)C(c1sccc1C)N1CCN(CCO)CC1. The zero-order valence-corrected chi connectivity index (χ0v) is 13.4. The third kappa shape index (κ3) is 3.59. The van der Waals surface area contributed by atoms with Crippen molar-refractivity contribution in [3.63, 3.8) is 0 Å². The van der Waals surface area contributed by atoms with Gasteiger partial charge in [-0.1, -0.05) is 6.92 Å². The fourth-order valence-corrected chi connectivity index (χ4v) is 4.08. The molecule has 2 atom stereocenters. The highest BCUT2D eigenvalue weighted by molar-refractivity contribution is 7.10. The van der Waals surface area contributed by atoms with Crippen molar-refractivity contribution in [3.8, 4) is 0 Å². The number of nitrogens with zero attached hydrogens (tertiary/aromatic N) is 2. The molecule has 1 aromatic rings. The molecule has 1 fully saturated rings. The first-order valence-corrected chi connectivity index (χ1v) is 8.42. The molecule has 4 nitrogen and oxygen atoms in total. The summed E-state index contributed by atoms with van der Waals surface area (Å²) in [4.78, 5) is 6.28. The highest BCUT2D eigenvalue weighted by atomic mass is 32.1. The van der Waals surface area contributed by atoms with E-state index in [4.69, 9.17) is 10.8 Å². The Hall–Kier alpha value is -0.460. The van der Waals surface area contributed by atoms with Crippen LogP contribution in [0.4, 0.5) is 0 Å². The van der Waals surface area contributed by atoms with Crippen LogP contribution in [0, 0.1) is 6.92 Å². The summed E-state index contributed by atoms with van der Waals surface area (Å²) in [5.74, 6) is 0. The number of piperazine rings is 1. The minimum absolute atomic E-state index is 0.191. The Labute approximate surface area is 126 Å². The third-order valence-corrected chi connectivity index (χ3v) is 5.35. The zero-order chi connectivity index (χ0) is 14.5. The van der Waals surface area contributed by atoms with Crippen LogP contribution in [0.3, 0.4) is 0 Å². The molecule has 0 bridgehead atoms. The van der Waals surface area contributed by atoms with E-state index in [0.717, 1.165) is 39.1 Å². The standard InChI is InChI=1S/C15H27N3OS/c1-3-13(16)14(15-12(2)4-11-20-15)18-7-5-17(6-8-18)9-10-19/h4,11,13-14,19H,3,5-10,16H2,1-2H3. The summed E-state index contributed by atoms with van der Waals surface area (Å²) in [5.41, 5.74) is 7.78. The van der Waals surface area contributed by atoms with Crippen LogP contribution in [-0.4, -0.2) is 60.3 Å². The molecule has 1 saturated heterocycles. The van der Waals surface area contributed by atoms with E-state index in [1.54, 1.807) is 0 Å². The van der Waals surface area contributed by atoms with E-state index in [9.17, 15) is 0 Å². The fraction of sp³-hybridized carbons (Fsp3) is 0.733. The van der Waals surface area contributed by atoms with Gasteiger partial charge in [0, 0.05) is 43.6 Å². The molecule has 2 rings (SSSR count). The minimum Gasteiger partial charge on any atom is -0.395 e. The number of aliphatic hydroxyl groups is 1. The molecule has 20 heavy (non-hydrogen) atoms. The second-order valence-electron chi connectivity index (χ2n) is 5.59. The lowest BCUT2D eigenvalue weighted by Gasteiger charge is -2.41. The van der Waals surface area contributed by atoms with Crippen LogP contribution in [0.15, 0.2) is 11.4 Å². The Bertz CT molecular complexity index is 402. The van der Waals surface area contributed by atoms with Gasteiger partial charge in [-0.3, -0.25) is 9.80 Å². The summed E-state index contributed by atoms with van der Waals surface area (Å²) in [6.07, 6.45) is 0.999. The lowest BCUT2D eigenvalue weighted by atomic mass is 10.00. The smallest absolute Gasteiger partial charge is 0.0596 e. The summed E-state index contributed by atoms with van der Waals surface area (Å²) >= 11 is 1.83. The summed E-state index contributed by atoms with van der Waals surface area (Å²) in [6.45, 7) is 9.52. The van der Waals surface area contributed by atoms with Gasteiger partial charge in [0.25, 0.3) is 0 Å². The van der Waals surface area contributed by atoms with Gasteiger partial charge in [-0.15, -0.1) is 11.3 Å². The number of hydrogen-bond acceptors (Lipinski definition) is 5. The lowest BCUT2D eigenvalue weighted by molar-refractivity contribution is 0.0744. The van der Waals surface area contributed by atoms with Crippen molar-refractivity contribution in [1.82, 2.24) is 9.80 Å². The van der Waals surface area contributed by atoms with Crippen molar-refractivity contribution in [1.29, 1.82) is 0 Å². The van der Waals surface area contributed by atoms with Crippen molar-refractivity contribution in [3.05, 3.63) is 21.9 Å². The predicted molar refractivity (Wildman–Crippen MR) is 85.2 cm³/mol. The van der Waals surface area contributed by atoms with E-state index in [-0.39, 0.29) is 12.6 Å². The number of aliphatic hydroxyl groups excluding tert-OH is 1. The Kier molecular flexibility index (Phi) is 5.99. The van der Waals surface area contributed by atoms with Gasteiger partial charge in [0.2, 0.25) is 0 Å². The maximum atomic E-state index is 9.03. The molecule has 2 heterocycles. The Balaban J connectivity index is 2.07. The molecule has 0 radical (unpaired) electrons. The van der Waals surface area contributed by atoms with Crippen LogP contribution in [0.1, 0.15) is 29.8 Å². The van der Waals surface area contributed by atoms with Crippen LogP contribution in [0.25, 0.3) is 0 Å². The van der Waals surface area contributed by atoms with Crippen LogP contribution >= 0.6 is 11.3 Å². The molecule has 3 N–H and O–H groups in total. The Morgan fingerprint density at radius 1 is 1.35 bits per heavy atom. The zero-order valence-electron chi connectivity index (χ0n) is 12.6.